The highest BCUT2D eigenvalue weighted by molar-refractivity contribution is 5.91. The number of hydrogen-bond donors (Lipinski definition) is 1. The molecule has 6 nitrogen and oxygen atoms in total. The zero-order valence-corrected chi connectivity index (χ0v) is 15.9. The molecule has 0 radical (unpaired) electrons. The van der Waals surface area contributed by atoms with Crippen LogP contribution >= 0.6 is 0 Å². The fourth-order valence-corrected chi connectivity index (χ4v) is 3.69. The van der Waals surface area contributed by atoms with Gasteiger partial charge in [-0.15, -0.1) is 0 Å². The lowest BCUT2D eigenvalue weighted by atomic mass is 10.2. The molecule has 0 bridgehead atoms. The summed E-state index contributed by atoms with van der Waals surface area (Å²) in [6.07, 6.45) is 2.44. The number of nitrogens with one attached hydrogen (secondary N) is 1. The Kier molecular flexibility index (Phi) is 4.34. The minimum atomic E-state index is -0.129. The number of fused-ring (bicyclic) bond motifs is 1. The smallest absolute Gasteiger partial charge is 0.245 e. The number of nitrogens with zero attached hydrogens (tertiary/aromatic N) is 3. The maximum absolute atomic E-state index is 12.8. The number of pyridine rings is 1. The first kappa shape index (κ1) is 17.5. The third kappa shape index (κ3) is 3.39. The van der Waals surface area contributed by atoms with Crippen molar-refractivity contribution in [2.24, 2.45) is 5.92 Å². The average molecular weight is 364 g/mol. The summed E-state index contributed by atoms with van der Waals surface area (Å²) in [6.45, 7) is 6.09. The Bertz CT molecular complexity index is 1080. The first-order valence-electron chi connectivity index (χ1n) is 9.39. The third-order valence-electron chi connectivity index (χ3n) is 5.34. The van der Waals surface area contributed by atoms with Crippen molar-refractivity contribution < 1.29 is 4.79 Å². The molecule has 140 valence electrons. The van der Waals surface area contributed by atoms with E-state index in [-0.39, 0.29) is 23.9 Å². The van der Waals surface area contributed by atoms with E-state index in [0.717, 1.165) is 22.7 Å². The summed E-state index contributed by atoms with van der Waals surface area (Å²) in [4.78, 5) is 25.0. The van der Waals surface area contributed by atoms with Gasteiger partial charge in [-0.2, -0.15) is 5.10 Å². The molecule has 2 heterocycles. The molecular formula is C21H24N4O2. The van der Waals surface area contributed by atoms with Crippen LogP contribution in [0.5, 0.6) is 0 Å². The van der Waals surface area contributed by atoms with Crippen molar-refractivity contribution in [2.45, 2.75) is 46.2 Å². The van der Waals surface area contributed by atoms with Crippen LogP contribution in [0.3, 0.4) is 0 Å². The Morgan fingerprint density at radius 2 is 2.00 bits per heavy atom. The molecule has 2 aromatic heterocycles. The van der Waals surface area contributed by atoms with Crippen molar-refractivity contribution in [1.82, 2.24) is 14.3 Å². The number of benzene rings is 1. The minimum Gasteiger partial charge on any atom is -0.335 e. The number of anilines is 1. The van der Waals surface area contributed by atoms with Gasteiger partial charge in [-0.3, -0.25) is 9.59 Å². The Morgan fingerprint density at radius 3 is 2.74 bits per heavy atom. The van der Waals surface area contributed by atoms with Crippen LogP contribution in [0.15, 0.2) is 41.2 Å². The molecule has 0 spiro atoms. The molecule has 0 aliphatic heterocycles. The van der Waals surface area contributed by atoms with Gasteiger partial charge in [0.2, 0.25) is 5.91 Å². The second kappa shape index (κ2) is 6.68. The molecule has 1 saturated carbocycles. The number of para-hydroxylation sites is 1. The van der Waals surface area contributed by atoms with Crippen LogP contribution < -0.4 is 10.7 Å². The summed E-state index contributed by atoms with van der Waals surface area (Å²) in [7, 11) is 0. The number of aryl methyl sites for hydroxylation is 2. The number of rotatable bonds is 5. The van der Waals surface area contributed by atoms with Crippen LogP contribution in [0.25, 0.3) is 10.9 Å². The van der Waals surface area contributed by atoms with E-state index < -0.39 is 0 Å². The van der Waals surface area contributed by atoms with Gasteiger partial charge in [-0.25, -0.2) is 4.68 Å². The van der Waals surface area contributed by atoms with Crippen LogP contribution in [-0.4, -0.2) is 20.3 Å². The van der Waals surface area contributed by atoms with Crippen LogP contribution in [-0.2, 0) is 11.3 Å². The molecule has 1 aliphatic carbocycles. The van der Waals surface area contributed by atoms with Crippen LogP contribution in [0, 0.1) is 19.8 Å². The second-order valence-corrected chi connectivity index (χ2v) is 7.50. The van der Waals surface area contributed by atoms with Gasteiger partial charge in [0.05, 0.1) is 17.3 Å². The van der Waals surface area contributed by atoms with Gasteiger partial charge in [-0.05, 0) is 51.7 Å². The summed E-state index contributed by atoms with van der Waals surface area (Å²) >= 11 is 0. The topological polar surface area (TPSA) is 68.9 Å². The molecule has 1 aliphatic rings. The highest BCUT2D eigenvalue weighted by Gasteiger charge is 2.31. The molecule has 0 saturated heterocycles. The molecule has 6 heteroatoms. The molecule has 1 aromatic carbocycles. The highest BCUT2D eigenvalue weighted by Crippen LogP contribution is 2.40. The standard InChI is InChI=1S/C21H24N4O2/c1-13-10-20(25(23-13)15(3)16-8-9-16)22-21(27)12-24-14(2)11-19(26)17-6-4-5-7-18(17)24/h4-7,10-11,15-16H,8-9,12H2,1-3H3,(H,22,27). The van der Waals surface area contributed by atoms with Crippen molar-refractivity contribution in [3.05, 3.63) is 58.0 Å². The summed E-state index contributed by atoms with van der Waals surface area (Å²) in [6, 6.07) is 11.2. The predicted molar refractivity (Wildman–Crippen MR) is 106 cm³/mol. The molecule has 1 amide bonds. The first-order valence-corrected chi connectivity index (χ1v) is 9.39. The second-order valence-electron chi connectivity index (χ2n) is 7.50. The zero-order chi connectivity index (χ0) is 19.1. The maximum Gasteiger partial charge on any atom is 0.245 e. The van der Waals surface area contributed by atoms with Crippen molar-refractivity contribution >= 4 is 22.6 Å². The molecule has 1 atom stereocenters. The van der Waals surface area contributed by atoms with E-state index in [1.165, 1.54) is 12.8 Å². The van der Waals surface area contributed by atoms with Gasteiger partial charge in [0.15, 0.2) is 5.43 Å². The number of hydrogen-bond acceptors (Lipinski definition) is 3. The normalized spacial score (nSPS) is 15.1. The van der Waals surface area contributed by atoms with E-state index in [1.54, 1.807) is 12.1 Å². The van der Waals surface area contributed by atoms with Gasteiger partial charge >= 0.3 is 0 Å². The fraction of sp³-hybridized carbons (Fsp3) is 0.381. The Labute approximate surface area is 157 Å². The van der Waals surface area contributed by atoms with E-state index in [0.29, 0.717) is 11.3 Å². The monoisotopic (exact) mass is 364 g/mol. The predicted octanol–water partition coefficient (Wildman–Crippen LogP) is 3.42. The molecule has 27 heavy (non-hydrogen) atoms. The van der Waals surface area contributed by atoms with E-state index in [4.69, 9.17) is 0 Å². The number of aromatic nitrogens is 3. The van der Waals surface area contributed by atoms with Crippen molar-refractivity contribution in [2.75, 3.05) is 5.32 Å². The molecular weight excluding hydrogens is 340 g/mol. The van der Waals surface area contributed by atoms with E-state index in [2.05, 4.69) is 17.3 Å². The number of carbonyl (C=O) groups is 1. The molecule has 4 rings (SSSR count). The first-order chi connectivity index (χ1) is 12.9. The van der Waals surface area contributed by atoms with Gasteiger partial charge in [-0.1, -0.05) is 12.1 Å². The SMILES string of the molecule is Cc1cc(NC(=O)Cn2c(C)cc(=O)c3ccccc32)n(C(C)C2CC2)n1. The van der Waals surface area contributed by atoms with Crippen LogP contribution in [0.4, 0.5) is 5.82 Å². The van der Waals surface area contributed by atoms with E-state index in [1.807, 2.05) is 47.4 Å². The van der Waals surface area contributed by atoms with Crippen LogP contribution in [0.1, 0.15) is 37.2 Å². The molecule has 1 N–H and O–H groups in total. The summed E-state index contributed by atoms with van der Waals surface area (Å²) in [5.74, 6) is 1.25. The quantitative estimate of drug-likeness (QED) is 0.754. The van der Waals surface area contributed by atoms with Crippen molar-refractivity contribution in [1.29, 1.82) is 0 Å². The molecule has 1 fully saturated rings. The summed E-state index contributed by atoms with van der Waals surface area (Å²) in [5.41, 5.74) is 2.41. The fourth-order valence-electron chi connectivity index (χ4n) is 3.69. The highest BCUT2D eigenvalue weighted by atomic mass is 16.2. The Hall–Kier alpha value is -2.89. The lowest BCUT2D eigenvalue weighted by molar-refractivity contribution is -0.116. The maximum atomic E-state index is 12.8. The van der Waals surface area contributed by atoms with Gasteiger partial charge in [0, 0.05) is 23.2 Å². The lowest BCUT2D eigenvalue weighted by Crippen LogP contribution is -2.24. The Balaban J connectivity index is 1.61. The number of amides is 1. The Morgan fingerprint density at radius 1 is 1.26 bits per heavy atom. The molecule has 3 aromatic rings. The number of carbonyl (C=O) groups excluding carboxylic acids is 1. The van der Waals surface area contributed by atoms with Gasteiger partial charge in [0.1, 0.15) is 12.4 Å². The van der Waals surface area contributed by atoms with E-state index >= 15 is 0 Å². The minimum absolute atomic E-state index is 0.0216. The zero-order valence-electron chi connectivity index (χ0n) is 15.9. The summed E-state index contributed by atoms with van der Waals surface area (Å²) < 4.78 is 3.81. The largest absolute Gasteiger partial charge is 0.335 e. The lowest BCUT2D eigenvalue weighted by Gasteiger charge is -2.17. The summed E-state index contributed by atoms with van der Waals surface area (Å²) in [5, 5.41) is 8.20. The average Bonchev–Trinajstić information content (AvgIpc) is 3.42. The van der Waals surface area contributed by atoms with Crippen LogP contribution in [0.2, 0.25) is 0 Å². The van der Waals surface area contributed by atoms with E-state index in [9.17, 15) is 9.59 Å². The third-order valence-corrected chi connectivity index (χ3v) is 5.34. The van der Waals surface area contributed by atoms with Crippen molar-refractivity contribution in [3.63, 3.8) is 0 Å². The molecule has 1 unspecified atom stereocenters. The van der Waals surface area contributed by atoms with Gasteiger partial charge < -0.3 is 9.88 Å². The van der Waals surface area contributed by atoms with Crippen molar-refractivity contribution in [3.8, 4) is 0 Å². The van der Waals surface area contributed by atoms with Gasteiger partial charge in [0.25, 0.3) is 0 Å².